The van der Waals surface area contributed by atoms with E-state index in [1.54, 1.807) is 30.3 Å². The first kappa shape index (κ1) is 21.9. The highest BCUT2D eigenvalue weighted by molar-refractivity contribution is 6.42. The molecule has 0 aromatic heterocycles. The van der Waals surface area contributed by atoms with E-state index in [1.807, 2.05) is 19.1 Å². The van der Waals surface area contributed by atoms with Gasteiger partial charge in [-0.3, -0.25) is 14.5 Å². The number of amides is 2. The molecule has 164 valence electrons. The van der Waals surface area contributed by atoms with Crippen molar-refractivity contribution >= 4 is 46.4 Å². The highest BCUT2D eigenvalue weighted by atomic mass is 35.5. The molecule has 2 heterocycles. The smallest absolute Gasteiger partial charge is 0.251 e. The van der Waals surface area contributed by atoms with E-state index in [-0.39, 0.29) is 18.2 Å². The molecule has 2 saturated heterocycles. The van der Waals surface area contributed by atoms with E-state index < -0.39 is 6.04 Å². The lowest BCUT2D eigenvalue weighted by Crippen LogP contribution is -2.52. The number of ether oxygens (including phenoxy) is 1. The largest absolute Gasteiger partial charge is 0.494 e. The van der Waals surface area contributed by atoms with Crippen molar-refractivity contribution in [3.63, 3.8) is 0 Å². The molecular formula is C23H25Cl2N3O3. The van der Waals surface area contributed by atoms with Crippen LogP contribution in [0.4, 0.5) is 11.4 Å². The Kier molecular flexibility index (Phi) is 6.70. The Hall–Kier alpha value is -2.28. The van der Waals surface area contributed by atoms with E-state index in [0.29, 0.717) is 35.4 Å². The Morgan fingerprint density at radius 3 is 2.26 bits per heavy atom. The Morgan fingerprint density at radius 2 is 1.61 bits per heavy atom. The van der Waals surface area contributed by atoms with E-state index in [2.05, 4.69) is 9.80 Å². The maximum atomic E-state index is 13.1. The number of benzene rings is 2. The first-order valence-electron chi connectivity index (χ1n) is 10.5. The number of carbonyl (C=O) groups is 2. The normalized spacial score (nSPS) is 19.9. The van der Waals surface area contributed by atoms with Crippen LogP contribution in [-0.4, -0.2) is 55.5 Å². The second kappa shape index (κ2) is 9.47. The van der Waals surface area contributed by atoms with Gasteiger partial charge in [-0.1, -0.05) is 30.1 Å². The summed E-state index contributed by atoms with van der Waals surface area (Å²) in [6, 6.07) is 12.3. The number of rotatable bonds is 6. The number of nitrogens with zero attached hydrogens (tertiary/aromatic N) is 3. The number of carbonyl (C=O) groups excluding carboxylic acids is 2. The Morgan fingerprint density at radius 1 is 0.935 bits per heavy atom. The van der Waals surface area contributed by atoms with E-state index in [1.165, 1.54) is 4.90 Å². The molecule has 0 bridgehead atoms. The molecule has 0 spiro atoms. The number of hydrogen-bond donors (Lipinski definition) is 0. The zero-order valence-electron chi connectivity index (χ0n) is 17.4. The molecule has 0 radical (unpaired) electrons. The summed E-state index contributed by atoms with van der Waals surface area (Å²) >= 11 is 12.2. The van der Waals surface area contributed by atoms with E-state index in [0.717, 1.165) is 30.9 Å². The van der Waals surface area contributed by atoms with Gasteiger partial charge in [-0.15, -0.1) is 0 Å². The van der Waals surface area contributed by atoms with Crippen LogP contribution in [0.5, 0.6) is 5.75 Å². The first-order valence-corrected chi connectivity index (χ1v) is 11.3. The van der Waals surface area contributed by atoms with Gasteiger partial charge in [-0.25, -0.2) is 4.90 Å². The van der Waals surface area contributed by atoms with Gasteiger partial charge in [0.15, 0.2) is 0 Å². The van der Waals surface area contributed by atoms with Crippen molar-refractivity contribution in [2.24, 2.45) is 0 Å². The van der Waals surface area contributed by atoms with Gasteiger partial charge in [0.25, 0.3) is 5.91 Å². The average Bonchev–Trinajstić information content (AvgIpc) is 3.08. The predicted octanol–water partition coefficient (Wildman–Crippen LogP) is 4.24. The molecule has 2 aliphatic rings. The zero-order valence-corrected chi connectivity index (χ0v) is 18.9. The summed E-state index contributed by atoms with van der Waals surface area (Å²) in [5.41, 5.74) is 1.60. The van der Waals surface area contributed by atoms with Gasteiger partial charge in [0.05, 0.1) is 34.8 Å². The molecule has 31 heavy (non-hydrogen) atoms. The SMILES string of the molecule is CCCOc1ccc(N2C(=O)CC(N3CCN(c4ccc(Cl)c(Cl)c4)CC3)C2=O)cc1. The molecule has 2 aromatic rings. The molecule has 2 aromatic carbocycles. The van der Waals surface area contributed by atoms with Gasteiger partial charge in [-0.05, 0) is 48.9 Å². The number of anilines is 2. The molecule has 1 atom stereocenters. The van der Waals surface area contributed by atoms with Gasteiger partial charge in [-0.2, -0.15) is 0 Å². The summed E-state index contributed by atoms with van der Waals surface area (Å²) in [6.07, 6.45) is 1.13. The summed E-state index contributed by atoms with van der Waals surface area (Å²) in [4.78, 5) is 31.4. The average molecular weight is 462 g/mol. The van der Waals surface area contributed by atoms with Crippen molar-refractivity contribution in [3.05, 3.63) is 52.5 Å². The van der Waals surface area contributed by atoms with E-state index in [4.69, 9.17) is 27.9 Å². The Balaban J connectivity index is 1.39. The number of piperazine rings is 1. The maximum Gasteiger partial charge on any atom is 0.251 e. The minimum absolute atomic E-state index is 0.157. The fourth-order valence-electron chi connectivity index (χ4n) is 4.06. The Labute approximate surface area is 192 Å². The second-order valence-corrected chi connectivity index (χ2v) is 8.57. The van der Waals surface area contributed by atoms with Gasteiger partial charge in [0.2, 0.25) is 5.91 Å². The van der Waals surface area contributed by atoms with Crippen LogP contribution in [0, 0.1) is 0 Å². The van der Waals surface area contributed by atoms with Crippen LogP contribution in [-0.2, 0) is 9.59 Å². The van der Waals surface area contributed by atoms with Crippen molar-refractivity contribution in [2.45, 2.75) is 25.8 Å². The second-order valence-electron chi connectivity index (χ2n) is 7.75. The molecule has 4 rings (SSSR count). The molecule has 8 heteroatoms. The van der Waals surface area contributed by atoms with Crippen LogP contribution >= 0.6 is 23.2 Å². The molecule has 2 amide bonds. The highest BCUT2D eigenvalue weighted by Gasteiger charge is 2.43. The van der Waals surface area contributed by atoms with E-state index >= 15 is 0 Å². The monoisotopic (exact) mass is 461 g/mol. The molecule has 0 N–H and O–H groups in total. The third-order valence-electron chi connectivity index (χ3n) is 5.71. The lowest BCUT2D eigenvalue weighted by atomic mass is 10.1. The third kappa shape index (κ3) is 4.66. The first-order chi connectivity index (χ1) is 15.0. The van der Waals surface area contributed by atoms with Crippen molar-refractivity contribution in [1.29, 1.82) is 0 Å². The van der Waals surface area contributed by atoms with Crippen LogP contribution in [0.15, 0.2) is 42.5 Å². The summed E-state index contributed by atoms with van der Waals surface area (Å²) in [5, 5.41) is 1.06. The minimum atomic E-state index is -0.417. The van der Waals surface area contributed by atoms with Gasteiger partial charge < -0.3 is 9.64 Å². The predicted molar refractivity (Wildman–Crippen MR) is 123 cm³/mol. The van der Waals surface area contributed by atoms with Crippen molar-refractivity contribution in [2.75, 3.05) is 42.6 Å². The van der Waals surface area contributed by atoms with Gasteiger partial charge >= 0.3 is 0 Å². The lowest BCUT2D eigenvalue weighted by Gasteiger charge is -2.38. The number of imide groups is 1. The highest BCUT2D eigenvalue weighted by Crippen LogP contribution is 2.30. The summed E-state index contributed by atoms with van der Waals surface area (Å²) in [6.45, 7) is 5.57. The summed E-state index contributed by atoms with van der Waals surface area (Å²) in [7, 11) is 0. The zero-order chi connectivity index (χ0) is 22.0. The van der Waals surface area contributed by atoms with E-state index in [9.17, 15) is 9.59 Å². The quantitative estimate of drug-likeness (QED) is 0.602. The summed E-state index contributed by atoms with van der Waals surface area (Å²) in [5.74, 6) is 0.416. The van der Waals surface area contributed by atoms with Crippen molar-refractivity contribution < 1.29 is 14.3 Å². The molecule has 0 aliphatic carbocycles. The standard InChI is InChI=1S/C23H25Cl2N3O3/c1-2-13-31-18-6-3-16(4-7-18)28-22(29)15-21(23(28)30)27-11-9-26(10-12-27)17-5-8-19(24)20(25)14-17/h3-8,14,21H,2,9-13,15H2,1H3. The molecule has 1 unspecified atom stereocenters. The fourth-order valence-corrected chi connectivity index (χ4v) is 4.35. The Bertz CT molecular complexity index is 959. The molecular weight excluding hydrogens is 437 g/mol. The molecule has 2 fully saturated rings. The fraction of sp³-hybridized carbons (Fsp3) is 0.391. The van der Waals surface area contributed by atoms with Crippen LogP contribution < -0.4 is 14.5 Å². The van der Waals surface area contributed by atoms with Crippen LogP contribution in [0.3, 0.4) is 0 Å². The molecule has 0 saturated carbocycles. The maximum absolute atomic E-state index is 13.1. The van der Waals surface area contributed by atoms with Crippen molar-refractivity contribution in [3.8, 4) is 5.75 Å². The van der Waals surface area contributed by atoms with Crippen molar-refractivity contribution in [1.82, 2.24) is 4.90 Å². The number of halogens is 2. The molecule has 6 nitrogen and oxygen atoms in total. The van der Waals surface area contributed by atoms with Crippen LogP contribution in [0.2, 0.25) is 10.0 Å². The summed E-state index contributed by atoms with van der Waals surface area (Å²) < 4.78 is 5.59. The minimum Gasteiger partial charge on any atom is -0.494 e. The van der Waals surface area contributed by atoms with Crippen LogP contribution in [0.25, 0.3) is 0 Å². The third-order valence-corrected chi connectivity index (χ3v) is 6.45. The topological polar surface area (TPSA) is 53.1 Å². The number of hydrogen-bond acceptors (Lipinski definition) is 5. The van der Waals surface area contributed by atoms with Gasteiger partial charge in [0.1, 0.15) is 5.75 Å². The van der Waals surface area contributed by atoms with Gasteiger partial charge in [0, 0.05) is 31.9 Å². The lowest BCUT2D eigenvalue weighted by molar-refractivity contribution is -0.123. The van der Waals surface area contributed by atoms with Crippen LogP contribution in [0.1, 0.15) is 19.8 Å². The molecule has 2 aliphatic heterocycles.